The van der Waals surface area contributed by atoms with Crippen LogP contribution >= 0.6 is 0 Å². The van der Waals surface area contributed by atoms with Gasteiger partial charge >= 0.3 is 11.9 Å². The molecule has 0 aromatic heterocycles. The number of fused-ring (bicyclic) bond motifs is 1. The van der Waals surface area contributed by atoms with Gasteiger partial charge in [-0.2, -0.15) is 0 Å². The second-order valence-electron chi connectivity index (χ2n) is 4.66. The molecule has 0 saturated heterocycles. The second-order valence-corrected chi connectivity index (χ2v) is 4.66. The number of benzene rings is 1. The number of rotatable bonds is 7. The van der Waals surface area contributed by atoms with Crippen LogP contribution < -0.4 is 14.8 Å². The molecule has 0 fully saturated rings. The molecule has 1 N–H and O–H groups in total. The molecule has 0 radical (unpaired) electrons. The number of esters is 2. The van der Waals surface area contributed by atoms with Crippen LogP contribution in [0, 0.1) is 0 Å². The number of hydrogen-bond donors (Lipinski definition) is 1. The molecule has 2 rings (SSSR count). The molecule has 8 nitrogen and oxygen atoms in total. The van der Waals surface area contributed by atoms with Crippen molar-refractivity contribution < 1.29 is 33.3 Å². The Hall–Kier alpha value is -3.03. The molecular formula is C16H17NO7. The first-order chi connectivity index (χ1) is 11.6. The smallest absolute Gasteiger partial charge is 0.331 e. The molecule has 1 amide bonds. The Morgan fingerprint density at radius 3 is 2.58 bits per heavy atom. The van der Waals surface area contributed by atoms with Gasteiger partial charge in [0, 0.05) is 18.7 Å². The zero-order valence-corrected chi connectivity index (χ0v) is 13.1. The van der Waals surface area contributed by atoms with Gasteiger partial charge in [-0.05, 0) is 24.6 Å². The molecule has 24 heavy (non-hydrogen) atoms. The molecule has 8 heteroatoms. The van der Waals surface area contributed by atoms with Crippen molar-refractivity contribution in [2.75, 3.05) is 20.0 Å². The van der Waals surface area contributed by atoms with E-state index in [9.17, 15) is 14.4 Å². The van der Waals surface area contributed by atoms with E-state index in [0.29, 0.717) is 11.5 Å². The van der Waals surface area contributed by atoms with E-state index in [2.05, 4.69) is 10.1 Å². The van der Waals surface area contributed by atoms with E-state index in [1.165, 1.54) is 0 Å². The standard InChI is InChI=1S/C16H17NO7/c1-2-21-15(19)5-6-16(20)22-9-14(18)17-8-11-3-4-12-13(7-11)24-10-23-12/h3-7H,2,8-10H2,1H3,(H,17,18). The van der Waals surface area contributed by atoms with Crippen molar-refractivity contribution in [3.8, 4) is 11.5 Å². The summed E-state index contributed by atoms with van der Waals surface area (Å²) in [4.78, 5) is 34.0. The lowest BCUT2D eigenvalue weighted by Crippen LogP contribution is -2.28. The van der Waals surface area contributed by atoms with Crippen LogP contribution in [0.5, 0.6) is 11.5 Å². The van der Waals surface area contributed by atoms with Gasteiger partial charge in [0.1, 0.15) is 0 Å². The number of nitrogens with one attached hydrogen (secondary N) is 1. The minimum atomic E-state index is -0.804. The molecule has 1 aromatic carbocycles. The molecule has 1 aliphatic heterocycles. The molecule has 1 aliphatic rings. The van der Waals surface area contributed by atoms with Crippen molar-refractivity contribution in [1.29, 1.82) is 0 Å². The van der Waals surface area contributed by atoms with Gasteiger partial charge in [0.2, 0.25) is 6.79 Å². The molecular weight excluding hydrogens is 318 g/mol. The predicted molar refractivity (Wildman–Crippen MR) is 81.1 cm³/mol. The first kappa shape index (κ1) is 17.3. The van der Waals surface area contributed by atoms with E-state index in [-0.39, 0.29) is 19.9 Å². The molecule has 0 unspecified atom stereocenters. The number of amides is 1. The van der Waals surface area contributed by atoms with Gasteiger partial charge in [0.25, 0.3) is 5.91 Å². The van der Waals surface area contributed by atoms with E-state index in [0.717, 1.165) is 17.7 Å². The van der Waals surface area contributed by atoms with Crippen molar-refractivity contribution in [1.82, 2.24) is 5.32 Å². The van der Waals surface area contributed by atoms with Crippen LogP contribution in [0.1, 0.15) is 12.5 Å². The molecule has 128 valence electrons. The van der Waals surface area contributed by atoms with Crippen LogP contribution in [0.2, 0.25) is 0 Å². The van der Waals surface area contributed by atoms with E-state index in [4.69, 9.17) is 14.2 Å². The topological polar surface area (TPSA) is 100 Å². The van der Waals surface area contributed by atoms with Gasteiger partial charge in [-0.15, -0.1) is 0 Å². The van der Waals surface area contributed by atoms with Crippen molar-refractivity contribution >= 4 is 17.8 Å². The van der Waals surface area contributed by atoms with Crippen LogP contribution in [0.25, 0.3) is 0 Å². The molecule has 0 atom stereocenters. The minimum absolute atomic E-state index is 0.181. The summed E-state index contributed by atoms with van der Waals surface area (Å²) in [7, 11) is 0. The summed E-state index contributed by atoms with van der Waals surface area (Å²) in [5, 5.41) is 2.60. The third-order valence-corrected chi connectivity index (χ3v) is 2.91. The normalized spacial score (nSPS) is 12.0. The third-order valence-electron chi connectivity index (χ3n) is 2.91. The molecule has 0 saturated carbocycles. The number of hydrogen-bond acceptors (Lipinski definition) is 7. The summed E-state index contributed by atoms with van der Waals surface area (Å²) in [5.74, 6) is -0.641. The highest BCUT2D eigenvalue weighted by atomic mass is 16.7. The van der Waals surface area contributed by atoms with Crippen LogP contribution in [0.4, 0.5) is 0 Å². The Morgan fingerprint density at radius 2 is 1.83 bits per heavy atom. The average molecular weight is 335 g/mol. The van der Waals surface area contributed by atoms with Crippen molar-refractivity contribution in [2.24, 2.45) is 0 Å². The van der Waals surface area contributed by atoms with Gasteiger partial charge in [0.15, 0.2) is 18.1 Å². The number of ether oxygens (including phenoxy) is 4. The van der Waals surface area contributed by atoms with Crippen molar-refractivity contribution in [3.63, 3.8) is 0 Å². The molecule has 1 aromatic rings. The minimum Gasteiger partial charge on any atom is -0.463 e. The maximum absolute atomic E-state index is 11.6. The highest BCUT2D eigenvalue weighted by Crippen LogP contribution is 2.32. The van der Waals surface area contributed by atoms with Crippen molar-refractivity contribution in [2.45, 2.75) is 13.5 Å². The molecule has 0 aliphatic carbocycles. The lowest BCUT2D eigenvalue weighted by Gasteiger charge is -2.06. The lowest BCUT2D eigenvalue weighted by molar-refractivity contribution is -0.144. The maximum atomic E-state index is 11.6. The van der Waals surface area contributed by atoms with Gasteiger partial charge in [-0.1, -0.05) is 6.07 Å². The summed E-state index contributed by atoms with van der Waals surface area (Å²) in [6.45, 7) is 1.84. The third kappa shape index (κ3) is 5.31. The van der Waals surface area contributed by atoms with Crippen LogP contribution in [0.3, 0.4) is 0 Å². The van der Waals surface area contributed by atoms with E-state index >= 15 is 0 Å². The summed E-state index contributed by atoms with van der Waals surface area (Å²) in [6, 6.07) is 5.31. The largest absolute Gasteiger partial charge is 0.463 e. The monoisotopic (exact) mass is 335 g/mol. The summed E-state index contributed by atoms with van der Waals surface area (Å²) in [5.41, 5.74) is 0.820. The van der Waals surface area contributed by atoms with Gasteiger partial charge in [-0.3, -0.25) is 4.79 Å². The summed E-state index contributed by atoms with van der Waals surface area (Å²) >= 11 is 0. The Morgan fingerprint density at radius 1 is 1.12 bits per heavy atom. The van der Waals surface area contributed by atoms with Crippen LogP contribution in [-0.2, 0) is 30.4 Å². The zero-order valence-electron chi connectivity index (χ0n) is 13.1. The average Bonchev–Trinajstić information content (AvgIpc) is 3.04. The van der Waals surface area contributed by atoms with Gasteiger partial charge in [-0.25, -0.2) is 9.59 Å². The van der Waals surface area contributed by atoms with Gasteiger partial charge < -0.3 is 24.3 Å². The molecule has 0 spiro atoms. The predicted octanol–water partition coefficient (Wildman–Crippen LogP) is 0.694. The van der Waals surface area contributed by atoms with Crippen molar-refractivity contribution in [3.05, 3.63) is 35.9 Å². The maximum Gasteiger partial charge on any atom is 0.331 e. The Kier molecular flexibility index (Phi) is 6.18. The highest BCUT2D eigenvalue weighted by Gasteiger charge is 2.13. The Balaban J connectivity index is 1.70. The van der Waals surface area contributed by atoms with E-state index in [1.807, 2.05) is 0 Å². The molecule has 0 bridgehead atoms. The summed E-state index contributed by atoms with van der Waals surface area (Å²) < 4.78 is 19.7. The molecule has 1 heterocycles. The fourth-order valence-electron chi connectivity index (χ4n) is 1.81. The van der Waals surface area contributed by atoms with Gasteiger partial charge in [0.05, 0.1) is 6.61 Å². The summed E-state index contributed by atoms with van der Waals surface area (Å²) in [6.07, 6.45) is 1.85. The Bertz CT molecular complexity index is 654. The fourth-order valence-corrected chi connectivity index (χ4v) is 1.81. The SMILES string of the molecule is CCOC(=O)C=CC(=O)OCC(=O)NCc1ccc2c(c1)OCO2. The second kappa shape index (κ2) is 8.56. The Labute approximate surface area is 138 Å². The van der Waals surface area contributed by atoms with Crippen LogP contribution in [-0.4, -0.2) is 37.9 Å². The highest BCUT2D eigenvalue weighted by molar-refractivity contribution is 5.92. The van der Waals surface area contributed by atoms with E-state index in [1.54, 1.807) is 25.1 Å². The first-order valence-electron chi connectivity index (χ1n) is 7.25. The number of carbonyl (C=O) groups is 3. The fraction of sp³-hybridized carbons (Fsp3) is 0.312. The quantitative estimate of drug-likeness (QED) is 0.578. The number of carbonyl (C=O) groups excluding carboxylic acids is 3. The first-order valence-corrected chi connectivity index (χ1v) is 7.25. The van der Waals surface area contributed by atoms with Crippen LogP contribution in [0.15, 0.2) is 30.4 Å². The zero-order chi connectivity index (χ0) is 17.4. The van der Waals surface area contributed by atoms with E-state index < -0.39 is 24.5 Å². The lowest BCUT2D eigenvalue weighted by atomic mass is 10.2.